The van der Waals surface area contributed by atoms with Crippen molar-refractivity contribution in [3.63, 3.8) is 0 Å². The third-order valence-corrected chi connectivity index (χ3v) is 3.20. The molecule has 0 saturated carbocycles. The maximum absolute atomic E-state index is 11.5. The number of benzene rings is 1. The van der Waals surface area contributed by atoms with Gasteiger partial charge in [-0.05, 0) is 24.6 Å². The van der Waals surface area contributed by atoms with Crippen molar-refractivity contribution in [3.05, 3.63) is 39.2 Å². The van der Waals surface area contributed by atoms with E-state index in [-0.39, 0.29) is 16.9 Å². The van der Waals surface area contributed by atoms with E-state index in [1.54, 1.807) is 32.9 Å². The van der Waals surface area contributed by atoms with Crippen molar-refractivity contribution in [1.82, 2.24) is 0 Å². The molecule has 0 amide bonds. The van der Waals surface area contributed by atoms with E-state index >= 15 is 0 Å². The number of halogens is 1. The number of hydrogen-bond acceptors (Lipinski definition) is 4. The van der Waals surface area contributed by atoms with Crippen LogP contribution in [-0.4, -0.2) is 5.97 Å². The van der Waals surface area contributed by atoms with Crippen molar-refractivity contribution < 1.29 is 13.9 Å². The van der Waals surface area contributed by atoms with Gasteiger partial charge in [0, 0.05) is 11.5 Å². The van der Waals surface area contributed by atoms with E-state index in [0.717, 1.165) is 0 Å². The topological polar surface area (TPSA) is 56.5 Å². The first-order valence-electron chi connectivity index (χ1n) is 5.85. The van der Waals surface area contributed by atoms with Gasteiger partial charge in [-0.1, -0.05) is 25.4 Å². The van der Waals surface area contributed by atoms with Crippen LogP contribution in [0.4, 0.5) is 0 Å². The number of carbonyl (C=O) groups is 1. The number of aryl methyl sites for hydroxylation is 1. The van der Waals surface area contributed by atoms with Crippen LogP contribution in [0.3, 0.4) is 0 Å². The molecular formula is C14H13ClO4. The van der Waals surface area contributed by atoms with Crippen LogP contribution < -0.4 is 10.4 Å². The summed E-state index contributed by atoms with van der Waals surface area (Å²) in [5, 5.41) is 0.786. The summed E-state index contributed by atoms with van der Waals surface area (Å²) in [4.78, 5) is 23.0. The van der Waals surface area contributed by atoms with Gasteiger partial charge in [0.1, 0.15) is 16.4 Å². The molecule has 100 valence electrons. The number of esters is 1. The zero-order valence-electron chi connectivity index (χ0n) is 10.8. The lowest BCUT2D eigenvalue weighted by atomic mass is 10.1. The summed E-state index contributed by atoms with van der Waals surface area (Å²) >= 11 is 5.83. The lowest BCUT2D eigenvalue weighted by Gasteiger charge is -2.08. The Kier molecular flexibility index (Phi) is 3.62. The number of hydrogen-bond donors (Lipinski definition) is 0. The van der Waals surface area contributed by atoms with E-state index < -0.39 is 5.63 Å². The summed E-state index contributed by atoms with van der Waals surface area (Å²) in [5.41, 5.74) is 0.398. The van der Waals surface area contributed by atoms with Crippen molar-refractivity contribution in [1.29, 1.82) is 0 Å². The fourth-order valence-corrected chi connectivity index (χ4v) is 1.75. The van der Waals surface area contributed by atoms with Crippen LogP contribution in [0.1, 0.15) is 19.4 Å². The predicted molar refractivity (Wildman–Crippen MR) is 72.7 cm³/mol. The summed E-state index contributed by atoms with van der Waals surface area (Å²) in [6, 6.07) is 4.87. The first kappa shape index (κ1) is 13.6. The average Bonchev–Trinajstić information content (AvgIpc) is 2.35. The third kappa shape index (κ3) is 2.63. The molecule has 0 radical (unpaired) electrons. The highest BCUT2D eigenvalue weighted by Gasteiger charge is 2.13. The minimum Gasteiger partial charge on any atom is -0.426 e. The highest BCUT2D eigenvalue weighted by Crippen LogP contribution is 2.26. The molecule has 2 rings (SSSR count). The van der Waals surface area contributed by atoms with Crippen LogP contribution in [0.5, 0.6) is 5.75 Å². The van der Waals surface area contributed by atoms with E-state index in [2.05, 4.69) is 0 Å². The maximum Gasteiger partial charge on any atom is 0.355 e. The van der Waals surface area contributed by atoms with Gasteiger partial charge >= 0.3 is 11.6 Å². The molecule has 1 aromatic carbocycles. The Morgan fingerprint density at radius 3 is 2.68 bits per heavy atom. The standard InChI is InChI=1S/C14H13ClO4/c1-7(2)13(16)18-9-4-5-10-8(3)12(15)14(17)19-11(10)6-9/h4-7H,1-3H3. The minimum atomic E-state index is -0.598. The van der Waals surface area contributed by atoms with E-state index in [1.807, 2.05) is 0 Å². The normalized spacial score (nSPS) is 11.0. The molecule has 1 heterocycles. The first-order valence-corrected chi connectivity index (χ1v) is 6.22. The summed E-state index contributed by atoms with van der Waals surface area (Å²) in [6.07, 6.45) is 0. The Hall–Kier alpha value is -1.81. The zero-order valence-corrected chi connectivity index (χ0v) is 11.6. The fourth-order valence-electron chi connectivity index (χ4n) is 1.61. The highest BCUT2D eigenvalue weighted by atomic mass is 35.5. The van der Waals surface area contributed by atoms with Crippen LogP contribution in [0, 0.1) is 12.8 Å². The second kappa shape index (κ2) is 5.05. The molecule has 5 heteroatoms. The Labute approximate surface area is 114 Å². The Morgan fingerprint density at radius 2 is 2.05 bits per heavy atom. The molecule has 19 heavy (non-hydrogen) atoms. The maximum atomic E-state index is 11.5. The number of carbonyl (C=O) groups excluding carboxylic acids is 1. The van der Waals surface area contributed by atoms with Crippen molar-refractivity contribution in [2.45, 2.75) is 20.8 Å². The fraction of sp³-hybridized carbons (Fsp3) is 0.286. The summed E-state index contributed by atoms with van der Waals surface area (Å²) in [6.45, 7) is 5.22. The molecule has 0 aliphatic carbocycles. The molecule has 0 unspecified atom stereocenters. The van der Waals surface area contributed by atoms with Crippen LogP contribution >= 0.6 is 11.6 Å². The average molecular weight is 281 g/mol. The lowest BCUT2D eigenvalue weighted by molar-refractivity contribution is -0.137. The van der Waals surface area contributed by atoms with E-state index in [1.165, 1.54) is 6.07 Å². The van der Waals surface area contributed by atoms with Gasteiger partial charge in [0.05, 0.1) is 5.92 Å². The van der Waals surface area contributed by atoms with Gasteiger partial charge in [-0.2, -0.15) is 0 Å². The van der Waals surface area contributed by atoms with Gasteiger partial charge < -0.3 is 9.15 Å². The van der Waals surface area contributed by atoms with Gasteiger partial charge in [0.15, 0.2) is 0 Å². The van der Waals surface area contributed by atoms with Gasteiger partial charge in [-0.15, -0.1) is 0 Å². The molecule has 0 aliphatic heterocycles. The molecule has 0 fully saturated rings. The molecule has 0 saturated heterocycles. The van der Waals surface area contributed by atoms with E-state index in [4.69, 9.17) is 20.8 Å². The minimum absolute atomic E-state index is 0.0689. The molecule has 4 nitrogen and oxygen atoms in total. The second-order valence-electron chi connectivity index (χ2n) is 4.56. The number of ether oxygens (including phenoxy) is 1. The Morgan fingerprint density at radius 1 is 1.37 bits per heavy atom. The second-order valence-corrected chi connectivity index (χ2v) is 4.94. The molecule has 0 bridgehead atoms. The SMILES string of the molecule is Cc1c(Cl)c(=O)oc2cc(OC(=O)C(C)C)ccc12. The molecule has 0 N–H and O–H groups in total. The van der Waals surface area contributed by atoms with Gasteiger partial charge in [-0.3, -0.25) is 4.79 Å². The smallest absolute Gasteiger partial charge is 0.355 e. The molecule has 0 aliphatic rings. The molecule has 1 aromatic heterocycles. The van der Waals surface area contributed by atoms with Crippen LogP contribution in [0.25, 0.3) is 11.0 Å². The van der Waals surface area contributed by atoms with Gasteiger partial charge in [-0.25, -0.2) is 4.79 Å². The predicted octanol–water partition coefficient (Wildman–Crippen LogP) is 3.32. The monoisotopic (exact) mass is 280 g/mol. The summed E-state index contributed by atoms with van der Waals surface area (Å²) in [5.74, 6) is -0.224. The molecular weight excluding hydrogens is 268 g/mol. The zero-order chi connectivity index (χ0) is 14.2. The Bertz CT molecular complexity index is 700. The summed E-state index contributed by atoms with van der Waals surface area (Å²) < 4.78 is 10.2. The largest absolute Gasteiger partial charge is 0.426 e. The highest BCUT2D eigenvalue weighted by molar-refractivity contribution is 6.31. The van der Waals surface area contributed by atoms with Crippen molar-refractivity contribution in [2.75, 3.05) is 0 Å². The van der Waals surface area contributed by atoms with Crippen LogP contribution in [0.15, 0.2) is 27.4 Å². The van der Waals surface area contributed by atoms with E-state index in [0.29, 0.717) is 22.3 Å². The number of fused-ring (bicyclic) bond motifs is 1. The molecule has 0 spiro atoms. The molecule has 2 aromatic rings. The van der Waals surface area contributed by atoms with Crippen molar-refractivity contribution in [2.24, 2.45) is 5.92 Å². The van der Waals surface area contributed by atoms with Crippen LogP contribution in [-0.2, 0) is 4.79 Å². The van der Waals surface area contributed by atoms with Gasteiger partial charge in [0.2, 0.25) is 0 Å². The summed E-state index contributed by atoms with van der Waals surface area (Å²) in [7, 11) is 0. The van der Waals surface area contributed by atoms with E-state index in [9.17, 15) is 9.59 Å². The third-order valence-electron chi connectivity index (χ3n) is 2.76. The quantitative estimate of drug-likeness (QED) is 0.481. The van der Waals surface area contributed by atoms with Crippen molar-refractivity contribution >= 4 is 28.5 Å². The van der Waals surface area contributed by atoms with Crippen molar-refractivity contribution in [3.8, 4) is 5.75 Å². The van der Waals surface area contributed by atoms with Crippen LogP contribution in [0.2, 0.25) is 5.02 Å². The lowest BCUT2D eigenvalue weighted by Crippen LogP contribution is -2.14. The molecule has 0 atom stereocenters. The first-order chi connectivity index (χ1) is 8.90. The Balaban J connectivity index is 2.50. The van der Waals surface area contributed by atoms with Gasteiger partial charge in [0.25, 0.3) is 0 Å². The number of rotatable bonds is 2.